The molecule has 4 heteroatoms. The maximum absolute atomic E-state index is 11.6. The van der Waals surface area contributed by atoms with Crippen molar-refractivity contribution in [1.82, 2.24) is 5.32 Å². The molecule has 0 aliphatic rings. The van der Waals surface area contributed by atoms with Crippen molar-refractivity contribution in [1.29, 1.82) is 0 Å². The predicted octanol–water partition coefficient (Wildman–Crippen LogP) is 2.11. The van der Waals surface area contributed by atoms with Gasteiger partial charge in [0.25, 0.3) is 0 Å². The third-order valence-corrected chi connectivity index (χ3v) is 3.99. The van der Waals surface area contributed by atoms with Gasteiger partial charge in [0.1, 0.15) is 5.75 Å². The van der Waals surface area contributed by atoms with Crippen molar-refractivity contribution in [2.45, 2.75) is 19.9 Å². The summed E-state index contributed by atoms with van der Waals surface area (Å²) in [5.41, 5.74) is 1.16. The second-order valence-corrected chi connectivity index (χ2v) is 5.57. The second kappa shape index (κ2) is 7.45. The van der Waals surface area contributed by atoms with Crippen LogP contribution in [0.1, 0.15) is 25.5 Å². The number of hydrogen-bond acceptors (Lipinski definition) is 3. The van der Waals surface area contributed by atoms with Crippen LogP contribution < -0.4 is 10.1 Å². The Labute approximate surface area is 106 Å². The molecule has 0 amide bonds. The molecule has 0 bridgehead atoms. The van der Waals surface area contributed by atoms with Crippen LogP contribution in [0.2, 0.25) is 0 Å². The average molecular weight is 255 g/mol. The summed E-state index contributed by atoms with van der Waals surface area (Å²) in [7, 11) is 0.896. The Morgan fingerprint density at radius 3 is 2.41 bits per heavy atom. The zero-order valence-electron chi connectivity index (χ0n) is 10.7. The van der Waals surface area contributed by atoms with Crippen LogP contribution in [-0.2, 0) is 10.8 Å². The van der Waals surface area contributed by atoms with E-state index in [4.69, 9.17) is 4.74 Å². The standard InChI is InChI=1S/C13H21NO2S/c1-4-14-13(10-17(15)5-2)11-6-8-12(16-3)9-7-11/h6-9,13-14H,4-5,10H2,1-3H3. The predicted molar refractivity (Wildman–Crippen MR) is 73.0 cm³/mol. The van der Waals surface area contributed by atoms with Gasteiger partial charge in [-0.3, -0.25) is 4.21 Å². The summed E-state index contributed by atoms with van der Waals surface area (Å²) in [6.07, 6.45) is 0. The quantitative estimate of drug-likeness (QED) is 0.811. The molecule has 17 heavy (non-hydrogen) atoms. The van der Waals surface area contributed by atoms with Crippen molar-refractivity contribution in [3.63, 3.8) is 0 Å². The molecule has 0 fully saturated rings. The highest BCUT2D eigenvalue weighted by molar-refractivity contribution is 7.84. The van der Waals surface area contributed by atoms with Gasteiger partial charge in [-0.25, -0.2) is 0 Å². The number of benzene rings is 1. The van der Waals surface area contributed by atoms with Crippen LogP contribution in [0.5, 0.6) is 5.75 Å². The van der Waals surface area contributed by atoms with Gasteiger partial charge < -0.3 is 10.1 Å². The normalized spacial score (nSPS) is 14.3. The molecule has 96 valence electrons. The molecule has 0 aromatic heterocycles. The van der Waals surface area contributed by atoms with E-state index in [-0.39, 0.29) is 6.04 Å². The number of nitrogens with one attached hydrogen (secondary N) is 1. The molecule has 0 aliphatic heterocycles. The highest BCUT2D eigenvalue weighted by Gasteiger charge is 2.13. The number of rotatable bonds is 7. The maximum Gasteiger partial charge on any atom is 0.118 e. The van der Waals surface area contributed by atoms with E-state index in [1.54, 1.807) is 7.11 Å². The van der Waals surface area contributed by atoms with E-state index in [2.05, 4.69) is 12.2 Å². The lowest BCUT2D eigenvalue weighted by atomic mass is 10.1. The summed E-state index contributed by atoms with van der Waals surface area (Å²) in [5, 5.41) is 3.37. The molecule has 0 saturated heterocycles. The zero-order chi connectivity index (χ0) is 12.7. The van der Waals surface area contributed by atoms with Crippen LogP contribution in [0.25, 0.3) is 0 Å². The Bertz CT molecular complexity index is 351. The lowest BCUT2D eigenvalue weighted by Gasteiger charge is -2.18. The van der Waals surface area contributed by atoms with Crippen LogP contribution >= 0.6 is 0 Å². The topological polar surface area (TPSA) is 38.3 Å². The third kappa shape index (κ3) is 4.48. The Morgan fingerprint density at radius 1 is 1.29 bits per heavy atom. The first kappa shape index (κ1) is 14.2. The first-order chi connectivity index (χ1) is 8.21. The Balaban J connectivity index is 2.77. The minimum Gasteiger partial charge on any atom is -0.497 e. The zero-order valence-corrected chi connectivity index (χ0v) is 11.5. The first-order valence-corrected chi connectivity index (χ1v) is 7.42. The number of hydrogen-bond donors (Lipinski definition) is 1. The summed E-state index contributed by atoms with van der Waals surface area (Å²) in [4.78, 5) is 0. The van der Waals surface area contributed by atoms with Gasteiger partial charge in [-0.15, -0.1) is 0 Å². The van der Waals surface area contributed by atoms with Crippen LogP contribution in [0, 0.1) is 0 Å². The molecule has 2 unspecified atom stereocenters. The largest absolute Gasteiger partial charge is 0.497 e. The summed E-state index contributed by atoms with van der Waals surface area (Å²) >= 11 is 0. The molecule has 1 aromatic rings. The average Bonchev–Trinajstić information content (AvgIpc) is 2.38. The van der Waals surface area contributed by atoms with Crippen molar-refractivity contribution in [3.05, 3.63) is 29.8 Å². The molecule has 0 aliphatic carbocycles. The molecule has 2 atom stereocenters. The molecular formula is C13H21NO2S. The Hall–Kier alpha value is -0.870. The molecule has 1 rings (SSSR count). The maximum atomic E-state index is 11.6. The van der Waals surface area contributed by atoms with E-state index in [9.17, 15) is 4.21 Å². The molecule has 1 aromatic carbocycles. The van der Waals surface area contributed by atoms with E-state index >= 15 is 0 Å². The molecule has 3 nitrogen and oxygen atoms in total. The highest BCUT2D eigenvalue weighted by atomic mass is 32.2. The third-order valence-electron chi connectivity index (χ3n) is 2.64. The lowest BCUT2D eigenvalue weighted by molar-refractivity contribution is 0.414. The van der Waals surface area contributed by atoms with Crippen molar-refractivity contribution in [2.75, 3.05) is 25.2 Å². The molecule has 0 spiro atoms. The van der Waals surface area contributed by atoms with Gasteiger partial charge >= 0.3 is 0 Å². The second-order valence-electron chi connectivity index (χ2n) is 3.78. The van der Waals surface area contributed by atoms with Gasteiger partial charge in [-0.1, -0.05) is 26.0 Å². The smallest absolute Gasteiger partial charge is 0.118 e. The van der Waals surface area contributed by atoms with E-state index < -0.39 is 10.8 Å². The van der Waals surface area contributed by atoms with Gasteiger partial charge in [-0.2, -0.15) is 0 Å². The van der Waals surface area contributed by atoms with Gasteiger partial charge in [-0.05, 0) is 24.2 Å². The SMILES string of the molecule is CCNC(CS(=O)CC)c1ccc(OC)cc1. The summed E-state index contributed by atoms with van der Waals surface area (Å²) in [6.45, 7) is 4.89. The van der Waals surface area contributed by atoms with Gasteiger partial charge in [0.15, 0.2) is 0 Å². The van der Waals surface area contributed by atoms with E-state index in [0.717, 1.165) is 17.9 Å². The molecule has 0 saturated carbocycles. The van der Waals surface area contributed by atoms with E-state index in [1.165, 1.54) is 0 Å². The lowest BCUT2D eigenvalue weighted by Crippen LogP contribution is -2.26. The fourth-order valence-electron chi connectivity index (χ4n) is 1.66. The minimum atomic E-state index is -0.760. The number of ether oxygens (including phenoxy) is 1. The van der Waals surface area contributed by atoms with Gasteiger partial charge in [0.05, 0.1) is 7.11 Å². The fourth-order valence-corrected chi connectivity index (χ4v) is 2.58. The van der Waals surface area contributed by atoms with Crippen molar-refractivity contribution in [3.8, 4) is 5.75 Å². The van der Waals surface area contributed by atoms with Crippen LogP contribution in [0.3, 0.4) is 0 Å². The van der Waals surface area contributed by atoms with E-state index in [1.807, 2.05) is 31.2 Å². The first-order valence-electron chi connectivity index (χ1n) is 5.93. The Kier molecular flexibility index (Phi) is 6.22. The summed E-state index contributed by atoms with van der Waals surface area (Å²) < 4.78 is 16.8. The highest BCUT2D eigenvalue weighted by Crippen LogP contribution is 2.18. The molecular weight excluding hydrogens is 234 g/mol. The van der Waals surface area contributed by atoms with Crippen molar-refractivity contribution >= 4 is 10.8 Å². The van der Waals surface area contributed by atoms with Crippen LogP contribution in [0.4, 0.5) is 0 Å². The molecule has 0 radical (unpaired) electrons. The summed E-state index contributed by atoms with van der Waals surface area (Å²) in [5.74, 6) is 2.22. The minimum absolute atomic E-state index is 0.159. The van der Waals surface area contributed by atoms with Gasteiger partial charge in [0.2, 0.25) is 0 Å². The van der Waals surface area contributed by atoms with Crippen molar-refractivity contribution in [2.24, 2.45) is 0 Å². The van der Waals surface area contributed by atoms with Gasteiger partial charge in [0, 0.05) is 28.3 Å². The monoisotopic (exact) mass is 255 g/mol. The van der Waals surface area contributed by atoms with Crippen molar-refractivity contribution < 1.29 is 8.95 Å². The van der Waals surface area contributed by atoms with Crippen LogP contribution in [-0.4, -0.2) is 29.4 Å². The fraction of sp³-hybridized carbons (Fsp3) is 0.538. The van der Waals surface area contributed by atoms with Crippen LogP contribution in [0.15, 0.2) is 24.3 Å². The van der Waals surface area contributed by atoms with E-state index in [0.29, 0.717) is 11.5 Å². The summed E-state index contributed by atoms with van der Waals surface area (Å²) in [6, 6.07) is 8.09. The molecule has 0 heterocycles. The number of methoxy groups -OCH3 is 1. The Morgan fingerprint density at radius 2 is 1.94 bits per heavy atom. The molecule has 1 N–H and O–H groups in total.